The summed E-state index contributed by atoms with van der Waals surface area (Å²) in [5.74, 6) is 0.373. The summed E-state index contributed by atoms with van der Waals surface area (Å²) >= 11 is 3.89. The Morgan fingerprint density at radius 1 is 1.12 bits per heavy atom. The van der Waals surface area contributed by atoms with Crippen molar-refractivity contribution in [2.75, 3.05) is 25.0 Å². The van der Waals surface area contributed by atoms with Gasteiger partial charge >= 0.3 is 5.97 Å². The van der Waals surface area contributed by atoms with Crippen LogP contribution in [0.25, 0.3) is 0 Å². The van der Waals surface area contributed by atoms with Gasteiger partial charge in [-0.3, -0.25) is 9.59 Å². The highest BCUT2D eigenvalue weighted by molar-refractivity contribution is 9.10. The third-order valence-corrected chi connectivity index (χ3v) is 10.4. The van der Waals surface area contributed by atoms with Gasteiger partial charge in [-0.2, -0.15) is 4.31 Å². The first kappa shape index (κ1) is 22.3. The molecule has 0 aromatic heterocycles. The van der Waals surface area contributed by atoms with Crippen LogP contribution in [0.5, 0.6) is 0 Å². The lowest BCUT2D eigenvalue weighted by Crippen LogP contribution is -2.56. The maximum absolute atomic E-state index is 13.0. The SMILES string of the molecule is O=C(COC(=O)C12C[C@@H]3C[C@H](CC(Br)(C3)C1)C2)Nc1cccc(S(=O)(=O)N2CCCC2)c1. The van der Waals surface area contributed by atoms with Gasteiger partial charge < -0.3 is 10.1 Å². The highest BCUT2D eigenvalue weighted by atomic mass is 79.9. The van der Waals surface area contributed by atoms with Gasteiger partial charge in [-0.1, -0.05) is 22.0 Å². The molecule has 1 N–H and O–H groups in total. The molecule has 0 unspecified atom stereocenters. The Labute approximate surface area is 197 Å². The molecule has 1 amide bonds. The number of carbonyl (C=O) groups is 2. The molecule has 7 nitrogen and oxygen atoms in total. The van der Waals surface area contributed by atoms with E-state index in [1.165, 1.54) is 22.9 Å². The first-order chi connectivity index (χ1) is 15.2. The molecule has 174 valence electrons. The standard InChI is InChI=1S/C23H29BrN2O5S/c24-23-12-16-8-17(13-23)11-22(10-16,15-23)21(28)31-14-20(27)25-18-4-3-5-19(9-18)32(29,30)26-6-1-2-7-26/h3-5,9,16-17H,1-2,6-8,10-15H2,(H,25,27)/t16-,17-,22?,23?/m0/s1. The average Bonchev–Trinajstić information content (AvgIpc) is 3.26. The Kier molecular flexibility index (Phi) is 5.65. The summed E-state index contributed by atoms with van der Waals surface area (Å²) in [4.78, 5) is 25.6. The van der Waals surface area contributed by atoms with Crippen LogP contribution in [0.2, 0.25) is 0 Å². The van der Waals surface area contributed by atoms with Gasteiger partial charge in [0.25, 0.3) is 5.91 Å². The van der Waals surface area contributed by atoms with Crippen LogP contribution < -0.4 is 5.32 Å². The molecule has 0 spiro atoms. The van der Waals surface area contributed by atoms with Gasteiger partial charge in [-0.25, -0.2) is 8.42 Å². The zero-order valence-corrected chi connectivity index (χ0v) is 20.4. The number of nitrogens with one attached hydrogen (secondary N) is 1. The Hall–Kier alpha value is -1.45. The van der Waals surface area contributed by atoms with E-state index in [2.05, 4.69) is 21.2 Å². The molecule has 5 aliphatic rings. The minimum Gasteiger partial charge on any atom is -0.455 e. The lowest BCUT2D eigenvalue weighted by Gasteiger charge is -2.58. The summed E-state index contributed by atoms with van der Waals surface area (Å²) in [7, 11) is -3.56. The zero-order valence-electron chi connectivity index (χ0n) is 18.0. The van der Waals surface area contributed by atoms with Crippen LogP contribution in [-0.4, -0.2) is 48.6 Å². The smallest absolute Gasteiger partial charge is 0.312 e. The van der Waals surface area contributed by atoms with E-state index < -0.39 is 21.3 Å². The quantitative estimate of drug-likeness (QED) is 0.452. The van der Waals surface area contributed by atoms with Crippen LogP contribution in [0.4, 0.5) is 5.69 Å². The fourth-order valence-corrected chi connectivity index (χ4v) is 9.70. The molecule has 1 saturated heterocycles. The summed E-state index contributed by atoms with van der Waals surface area (Å²) in [5, 5.41) is 2.67. The third-order valence-electron chi connectivity index (χ3n) is 7.58. The molecule has 1 aromatic carbocycles. The Morgan fingerprint density at radius 2 is 1.81 bits per heavy atom. The highest BCUT2D eigenvalue weighted by Gasteiger charge is 2.60. The van der Waals surface area contributed by atoms with Crippen LogP contribution in [0.3, 0.4) is 0 Å². The third kappa shape index (κ3) is 4.12. The highest BCUT2D eigenvalue weighted by Crippen LogP contribution is 2.64. The monoisotopic (exact) mass is 524 g/mol. The number of rotatable bonds is 6. The molecule has 6 rings (SSSR count). The number of hydrogen-bond acceptors (Lipinski definition) is 5. The fourth-order valence-electron chi connectivity index (χ4n) is 6.68. The van der Waals surface area contributed by atoms with Crippen LogP contribution >= 0.6 is 15.9 Å². The van der Waals surface area contributed by atoms with Gasteiger partial charge in [0.2, 0.25) is 10.0 Å². The van der Waals surface area contributed by atoms with Gasteiger partial charge in [0, 0.05) is 23.1 Å². The molecule has 2 atom stereocenters. The fraction of sp³-hybridized carbons (Fsp3) is 0.652. The van der Waals surface area contributed by atoms with E-state index >= 15 is 0 Å². The van der Waals surface area contributed by atoms with Gasteiger partial charge in [0.15, 0.2) is 6.61 Å². The minimum absolute atomic E-state index is 0.0413. The number of halogens is 1. The number of esters is 1. The molecular formula is C23H29BrN2O5S. The van der Waals surface area contributed by atoms with E-state index in [1.807, 2.05) is 0 Å². The molecule has 0 radical (unpaired) electrons. The number of anilines is 1. The average molecular weight is 525 g/mol. The van der Waals surface area contributed by atoms with E-state index in [1.54, 1.807) is 12.1 Å². The number of carbonyl (C=O) groups excluding carboxylic acids is 2. The number of benzene rings is 1. The summed E-state index contributed by atoms with van der Waals surface area (Å²) < 4.78 is 32.5. The first-order valence-electron chi connectivity index (χ1n) is 11.4. The van der Waals surface area contributed by atoms with Crippen molar-refractivity contribution in [3.8, 4) is 0 Å². The molecule has 1 aliphatic heterocycles. The largest absolute Gasteiger partial charge is 0.455 e. The van der Waals surface area contributed by atoms with Gasteiger partial charge in [0.1, 0.15) is 0 Å². The lowest BCUT2D eigenvalue weighted by atomic mass is 9.49. The van der Waals surface area contributed by atoms with Crippen LogP contribution in [-0.2, 0) is 24.3 Å². The van der Waals surface area contributed by atoms with Gasteiger partial charge in [0.05, 0.1) is 10.3 Å². The molecular weight excluding hydrogens is 496 g/mol. The molecule has 4 saturated carbocycles. The normalized spacial score (nSPS) is 33.9. The summed E-state index contributed by atoms with van der Waals surface area (Å²) in [5.41, 5.74) is -0.0991. The summed E-state index contributed by atoms with van der Waals surface area (Å²) in [6.45, 7) is 0.677. The molecule has 1 aromatic rings. The molecule has 4 aliphatic carbocycles. The van der Waals surface area contributed by atoms with Crippen molar-refractivity contribution in [3.63, 3.8) is 0 Å². The second kappa shape index (κ2) is 8.09. The molecule has 1 heterocycles. The minimum atomic E-state index is -3.56. The number of ether oxygens (including phenoxy) is 1. The number of sulfonamides is 1. The Bertz CT molecular complexity index is 1020. The van der Waals surface area contributed by atoms with E-state index in [9.17, 15) is 18.0 Å². The maximum Gasteiger partial charge on any atom is 0.312 e. The van der Waals surface area contributed by atoms with Crippen molar-refractivity contribution in [3.05, 3.63) is 24.3 Å². The van der Waals surface area contributed by atoms with Crippen molar-refractivity contribution in [1.29, 1.82) is 0 Å². The predicted octanol–water partition coefficient (Wildman–Crippen LogP) is 3.69. The number of alkyl halides is 1. The lowest BCUT2D eigenvalue weighted by molar-refractivity contribution is -0.170. The van der Waals surface area contributed by atoms with Crippen molar-refractivity contribution in [1.82, 2.24) is 4.31 Å². The Balaban J connectivity index is 1.20. The van der Waals surface area contributed by atoms with Crippen LogP contribution in [0, 0.1) is 17.3 Å². The van der Waals surface area contributed by atoms with E-state index in [0.29, 0.717) is 30.6 Å². The second-order valence-corrected chi connectivity index (χ2v) is 13.8. The maximum atomic E-state index is 13.0. The van der Waals surface area contributed by atoms with E-state index in [0.717, 1.165) is 44.9 Å². The van der Waals surface area contributed by atoms with Gasteiger partial charge in [-0.15, -0.1) is 0 Å². The van der Waals surface area contributed by atoms with Crippen molar-refractivity contribution < 1.29 is 22.7 Å². The number of amides is 1. The molecule has 4 bridgehead atoms. The summed E-state index contributed by atoms with van der Waals surface area (Å²) in [6.07, 6.45) is 7.65. The topological polar surface area (TPSA) is 92.8 Å². The van der Waals surface area contributed by atoms with Crippen LogP contribution in [0.1, 0.15) is 51.4 Å². The summed E-state index contributed by atoms with van der Waals surface area (Å²) in [6, 6.07) is 6.24. The second-order valence-electron chi connectivity index (χ2n) is 10.2. The van der Waals surface area contributed by atoms with Crippen LogP contribution in [0.15, 0.2) is 29.2 Å². The van der Waals surface area contributed by atoms with Crippen molar-refractivity contribution in [2.24, 2.45) is 17.3 Å². The molecule has 32 heavy (non-hydrogen) atoms. The molecule has 9 heteroatoms. The van der Waals surface area contributed by atoms with E-state index in [4.69, 9.17) is 4.74 Å². The predicted molar refractivity (Wildman–Crippen MR) is 123 cm³/mol. The van der Waals surface area contributed by atoms with Crippen molar-refractivity contribution >= 4 is 43.5 Å². The Morgan fingerprint density at radius 3 is 2.47 bits per heavy atom. The number of nitrogens with zero attached hydrogens (tertiary/aromatic N) is 1. The van der Waals surface area contributed by atoms with Gasteiger partial charge in [-0.05, 0) is 81.4 Å². The van der Waals surface area contributed by atoms with E-state index in [-0.39, 0.29) is 21.8 Å². The van der Waals surface area contributed by atoms with Crippen molar-refractivity contribution in [2.45, 2.75) is 60.6 Å². The molecule has 5 fully saturated rings. The number of hydrogen-bond donors (Lipinski definition) is 1. The first-order valence-corrected chi connectivity index (χ1v) is 13.7. The zero-order chi connectivity index (χ0) is 22.6.